The SMILES string of the molecule is C/C=C/c1cc(N(c2ccccc2)c2ccc(C)cc2)c(/C=C/c2ccc(C)s2)cc1N(c1ccccc1)c1ccc(C)cc1. The van der Waals surface area contributed by atoms with Gasteiger partial charge >= 0.3 is 0 Å². The summed E-state index contributed by atoms with van der Waals surface area (Å²) < 4.78 is 0. The second kappa shape index (κ2) is 13.7. The first-order valence-electron chi connectivity index (χ1n) is 15.4. The first-order valence-corrected chi connectivity index (χ1v) is 16.2. The molecule has 1 heterocycles. The Labute approximate surface area is 271 Å². The molecular weight excluding hydrogens is 565 g/mol. The zero-order chi connectivity index (χ0) is 31.2. The Hall–Kier alpha value is -5.12. The van der Waals surface area contributed by atoms with Gasteiger partial charge in [-0.15, -0.1) is 11.3 Å². The van der Waals surface area contributed by atoms with E-state index < -0.39 is 0 Å². The minimum atomic E-state index is 1.11. The van der Waals surface area contributed by atoms with Gasteiger partial charge < -0.3 is 9.80 Å². The Balaban J connectivity index is 1.64. The lowest BCUT2D eigenvalue weighted by molar-refractivity contribution is 1.24. The minimum absolute atomic E-state index is 1.11. The average molecular weight is 603 g/mol. The van der Waals surface area contributed by atoms with Gasteiger partial charge in [0.2, 0.25) is 0 Å². The van der Waals surface area contributed by atoms with Crippen molar-refractivity contribution >= 4 is 63.7 Å². The highest BCUT2D eigenvalue weighted by atomic mass is 32.1. The lowest BCUT2D eigenvalue weighted by atomic mass is 10.0. The molecule has 1 aromatic heterocycles. The van der Waals surface area contributed by atoms with Gasteiger partial charge in [-0.1, -0.05) is 90.0 Å². The lowest BCUT2D eigenvalue weighted by Crippen LogP contribution is -2.15. The van der Waals surface area contributed by atoms with E-state index in [2.05, 4.69) is 195 Å². The fraction of sp³-hybridized carbons (Fsp3) is 0.0952. The highest BCUT2D eigenvalue weighted by Crippen LogP contribution is 2.44. The van der Waals surface area contributed by atoms with Crippen LogP contribution in [0.5, 0.6) is 0 Å². The van der Waals surface area contributed by atoms with E-state index in [1.807, 2.05) is 11.3 Å². The van der Waals surface area contributed by atoms with Gasteiger partial charge in [-0.25, -0.2) is 0 Å². The van der Waals surface area contributed by atoms with Gasteiger partial charge in [0.25, 0.3) is 0 Å². The molecule has 0 atom stereocenters. The molecule has 45 heavy (non-hydrogen) atoms. The number of benzene rings is 5. The van der Waals surface area contributed by atoms with Crippen molar-refractivity contribution in [3.8, 4) is 0 Å². The highest BCUT2D eigenvalue weighted by molar-refractivity contribution is 7.12. The highest BCUT2D eigenvalue weighted by Gasteiger charge is 2.21. The van der Waals surface area contributed by atoms with Gasteiger partial charge in [-0.2, -0.15) is 0 Å². The summed E-state index contributed by atoms with van der Waals surface area (Å²) in [7, 11) is 0. The fourth-order valence-electron chi connectivity index (χ4n) is 5.55. The van der Waals surface area contributed by atoms with Crippen LogP contribution in [-0.4, -0.2) is 0 Å². The molecule has 0 radical (unpaired) electrons. The van der Waals surface area contributed by atoms with Crippen LogP contribution in [0.4, 0.5) is 34.1 Å². The topological polar surface area (TPSA) is 6.48 Å². The molecule has 6 rings (SSSR count). The molecule has 0 aliphatic carbocycles. The maximum atomic E-state index is 2.37. The van der Waals surface area contributed by atoms with Crippen LogP contribution < -0.4 is 9.80 Å². The molecule has 0 amide bonds. The molecule has 222 valence electrons. The molecule has 5 aromatic carbocycles. The van der Waals surface area contributed by atoms with Crippen LogP contribution in [0.25, 0.3) is 18.2 Å². The summed E-state index contributed by atoms with van der Waals surface area (Å²) in [5.74, 6) is 0. The van der Waals surface area contributed by atoms with Crippen molar-refractivity contribution in [2.75, 3.05) is 9.80 Å². The molecular formula is C42H38N2S. The second-order valence-electron chi connectivity index (χ2n) is 11.3. The van der Waals surface area contributed by atoms with Gasteiger partial charge in [0.05, 0.1) is 11.4 Å². The summed E-state index contributed by atoms with van der Waals surface area (Å²) in [6.45, 7) is 8.51. The van der Waals surface area contributed by atoms with E-state index >= 15 is 0 Å². The predicted molar refractivity (Wildman–Crippen MR) is 198 cm³/mol. The molecule has 0 saturated heterocycles. The number of hydrogen-bond donors (Lipinski definition) is 0. The molecule has 0 spiro atoms. The van der Waals surface area contributed by atoms with E-state index in [4.69, 9.17) is 0 Å². The molecule has 0 fully saturated rings. The predicted octanol–water partition coefficient (Wildman–Crippen LogP) is 12.8. The number of anilines is 6. The van der Waals surface area contributed by atoms with Crippen molar-refractivity contribution < 1.29 is 0 Å². The quantitative estimate of drug-likeness (QED) is 0.162. The van der Waals surface area contributed by atoms with E-state index in [0.717, 1.165) is 45.3 Å². The molecule has 2 nitrogen and oxygen atoms in total. The Morgan fingerprint density at radius 3 is 1.33 bits per heavy atom. The zero-order valence-electron chi connectivity index (χ0n) is 26.3. The number of thiophene rings is 1. The van der Waals surface area contributed by atoms with Crippen LogP contribution in [0, 0.1) is 20.8 Å². The third kappa shape index (κ3) is 6.85. The summed E-state index contributed by atoms with van der Waals surface area (Å²) in [6.07, 6.45) is 8.86. The summed E-state index contributed by atoms with van der Waals surface area (Å²) in [6, 6.07) is 47.9. The number of hydrogen-bond acceptors (Lipinski definition) is 3. The Kier molecular flexibility index (Phi) is 9.09. The van der Waals surface area contributed by atoms with E-state index in [1.165, 1.54) is 20.9 Å². The molecule has 0 unspecified atom stereocenters. The Morgan fingerprint density at radius 1 is 0.467 bits per heavy atom. The largest absolute Gasteiger partial charge is 0.310 e. The van der Waals surface area contributed by atoms with Gasteiger partial charge in [0.15, 0.2) is 0 Å². The van der Waals surface area contributed by atoms with Gasteiger partial charge in [-0.05, 0) is 107 Å². The van der Waals surface area contributed by atoms with E-state index in [9.17, 15) is 0 Å². The number of nitrogens with zero attached hydrogens (tertiary/aromatic N) is 2. The van der Waals surface area contributed by atoms with Crippen molar-refractivity contribution in [2.24, 2.45) is 0 Å². The maximum Gasteiger partial charge on any atom is 0.0541 e. The van der Waals surface area contributed by atoms with Crippen LogP contribution in [-0.2, 0) is 0 Å². The number of rotatable bonds is 9. The van der Waals surface area contributed by atoms with Crippen LogP contribution in [0.15, 0.2) is 140 Å². The average Bonchev–Trinajstić information content (AvgIpc) is 3.49. The van der Waals surface area contributed by atoms with Gasteiger partial charge in [0, 0.05) is 43.6 Å². The molecule has 0 aliphatic heterocycles. The molecule has 0 N–H and O–H groups in total. The van der Waals surface area contributed by atoms with Gasteiger partial charge in [0.1, 0.15) is 0 Å². The lowest BCUT2D eigenvalue weighted by Gasteiger charge is -2.31. The van der Waals surface area contributed by atoms with Crippen LogP contribution in [0.2, 0.25) is 0 Å². The first kappa shape index (κ1) is 29.9. The van der Waals surface area contributed by atoms with E-state index in [1.54, 1.807) is 0 Å². The summed E-state index contributed by atoms with van der Waals surface area (Å²) in [5, 5.41) is 0. The summed E-state index contributed by atoms with van der Waals surface area (Å²) in [5.41, 5.74) is 11.4. The molecule has 6 aromatic rings. The molecule has 3 heteroatoms. The minimum Gasteiger partial charge on any atom is -0.310 e. The summed E-state index contributed by atoms with van der Waals surface area (Å²) in [4.78, 5) is 7.27. The van der Waals surface area contributed by atoms with Crippen molar-refractivity contribution in [1.82, 2.24) is 0 Å². The van der Waals surface area contributed by atoms with E-state index in [0.29, 0.717) is 0 Å². The number of aryl methyl sites for hydroxylation is 3. The van der Waals surface area contributed by atoms with E-state index in [-0.39, 0.29) is 0 Å². The monoisotopic (exact) mass is 602 g/mol. The Bertz CT molecular complexity index is 1920. The van der Waals surface area contributed by atoms with Crippen molar-refractivity contribution in [3.05, 3.63) is 172 Å². The maximum absolute atomic E-state index is 2.37. The number of allylic oxidation sites excluding steroid dienone is 1. The first-order chi connectivity index (χ1) is 22.0. The normalized spacial score (nSPS) is 11.4. The zero-order valence-corrected chi connectivity index (χ0v) is 27.1. The number of para-hydroxylation sites is 2. The van der Waals surface area contributed by atoms with Crippen molar-refractivity contribution in [3.63, 3.8) is 0 Å². The van der Waals surface area contributed by atoms with Crippen molar-refractivity contribution in [2.45, 2.75) is 27.7 Å². The van der Waals surface area contributed by atoms with Crippen LogP contribution >= 0.6 is 11.3 Å². The third-order valence-electron chi connectivity index (χ3n) is 7.81. The second-order valence-corrected chi connectivity index (χ2v) is 12.6. The van der Waals surface area contributed by atoms with Gasteiger partial charge in [-0.3, -0.25) is 0 Å². The van der Waals surface area contributed by atoms with Crippen molar-refractivity contribution in [1.29, 1.82) is 0 Å². The van der Waals surface area contributed by atoms with Crippen LogP contribution in [0.1, 0.15) is 38.9 Å². The molecule has 0 bridgehead atoms. The standard InChI is InChI=1S/C42H38N2S/c1-5-12-34-29-42(44(37-15-10-7-11-16-37)39-25-19-32(3)20-26-39)35(22-28-40-27-21-33(4)45-40)30-41(34)43(36-13-8-6-9-14-36)38-23-17-31(2)18-24-38/h5-30H,1-4H3/b12-5+,28-22+. The third-order valence-corrected chi connectivity index (χ3v) is 8.77. The smallest absolute Gasteiger partial charge is 0.0541 e. The van der Waals surface area contributed by atoms with Crippen LogP contribution in [0.3, 0.4) is 0 Å². The Morgan fingerprint density at radius 2 is 0.911 bits per heavy atom. The fourth-order valence-corrected chi connectivity index (χ4v) is 6.33. The summed E-state index contributed by atoms with van der Waals surface area (Å²) >= 11 is 1.81. The molecule has 0 saturated carbocycles. The molecule has 0 aliphatic rings.